The summed E-state index contributed by atoms with van der Waals surface area (Å²) in [7, 11) is 0. The highest BCUT2D eigenvalue weighted by Crippen LogP contribution is 1.92. The number of hydrogen-bond acceptors (Lipinski definition) is 2. The van der Waals surface area contributed by atoms with Crippen LogP contribution < -0.4 is 10.6 Å². The summed E-state index contributed by atoms with van der Waals surface area (Å²) < 4.78 is 0. The van der Waals surface area contributed by atoms with E-state index in [2.05, 4.69) is 16.6 Å². The van der Waals surface area contributed by atoms with Gasteiger partial charge in [0.05, 0.1) is 12.1 Å². The van der Waals surface area contributed by atoms with Crippen molar-refractivity contribution in [1.29, 1.82) is 0 Å². The highest BCUT2D eigenvalue weighted by molar-refractivity contribution is 5.81. The van der Waals surface area contributed by atoms with Crippen LogP contribution in [0.25, 0.3) is 0 Å². The summed E-state index contributed by atoms with van der Waals surface area (Å²) in [5.41, 5.74) is 0. The van der Waals surface area contributed by atoms with Crippen molar-refractivity contribution in [3.05, 3.63) is 0 Å². The second kappa shape index (κ2) is 7.40. The summed E-state index contributed by atoms with van der Waals surface area (Å²) in [5, 5.41) is 5.89. The Kier molecular flexibility index (Phi) is 6.87. The van der Waals surface area contributed by atoms with E-state index in [1.807, 2.05) is 20.8 Å². The fraction of sp³-hybridized carbons (Fsp3) is 0.727. The van der Waals surface area contributed by atoms with Gasteiger partial charge in [0.1, 0.15) is 0 Å². The molecule has 0 saturated carbocycles. The second-order valence-electron chi connectivity index (χ2n) is 3.31. The van der Waals surface area contributed by atoms with E-state index in [4.69, 9.17) is 6.42 Å². The fourth-order valence-electron chi connectivity index (χ4n) is 1.06. The Balaban J connectivity index is 3.88. The molecule has 0 heterocycles. The molecule has 1 amide bonds. The smallest absolute Gasteiger partial charge is 0.236 e. The van der Waals surface area contributed by atoms with Gasteiger partial charge in [-0.15, -0.1) is 6.42 Å². The molecule has 0 saturated heterocycles. The van der Waals surface area contributed by atoms with Crippen LogP contribution in [0.1, 0.15) is 33.6 Å². The predicted molar refractivity (Wildman–Crippen MR) is 58.8 cm³/mol. The second-order valence-corrected chi connectivity index (χ2v) is 3.31. The number of carbonyl (C=O) groups excluding carboxylic acids is 1. The molecule has 2 atom stereocenters. The largest absolute Gasteiger partial charge is 0.355 e. The Bertz CT molecular complexity index is 208. The van der Waals surface area contributed by atoms with Gasteiger partial charge in [-0.25, -0.2) is 0 Å². The molecule has 0 radical (unpaired) electrons. The Labute approximate surface area is 86.6 Å². The van der Waals surface area contributed by atoms with Crippen LogP contribution in [0.5, 0.6) is 0 Å². The molecule has 0 aromatic rings. The van der Waals surface area contributed by atoms with Gasteiger partial charge in [0.2, 0.25) is 5.91 Å². The first-order valence-electron chi connectivity index (χ1n) is 5.15. The van der Waals surface area contributed by atoms with Crippen molar-refractivity contribution in [3.63, 3.8) is 0 Å². The van der Waals surface area contributed by atoms with Gasteiger partial charge in [0, 0.05) is 6.54 Å². The number of carbonyl (C=O) groups is 1. The van der Waals surface area contributed by atoms with Crippen molar-refractivity contribution >= 4 is 5.91 Å². The minimum atomic E-state index is -0.220. The molecule has 0 aromatic carbocycles. The average molecular weight is 196 g/mol. The third kappa shape index (κ3) is 4.88. The molecule has 0 fully saturated rings. The number of terminal acetylenes is 1. The molecular formula is C11H20N2O. The van der Waals surface area contributed by atoms with Crippen molar-refractivity contribution in [2.24, 2.45) is 0 Å². The van der Waals surface area contributed by atoms with Crippen LogP contribution in [0.2, 0.25) is 0 Å². The Hall–Kier alpha value is -1.01. The zero-order chi connectivity index (χ0) is 11.0. The zero-order valence-corrected chi connectivity index (χ0v) is 9.26. The van der Waals surface area contributed by atoms with Gasteiger partial charge < -0.3 is 5.32 Å². The molecule has 14 heavy (non-hydrogen) atoms. The van der Waals surface area contributed by atoms with Crippen LogP contribution >= 0.6 is 0 Å². The van der Waals surface area contributed by atoms with Gasteiger partial charge in [-0.1, -0.05) is 19.8 Å². The highest BCUT2D eigenvalue weighted by atomic mass is 16.2. The van der Waals surface area contributed by atoms with Crippen molar-refractivity contribution in [2.75, 3.05) is 6.54 Å². The number of hydrogen-bond donors (Lipinski definition) is 2. The molecule has 2 N–H and O–H groups in total. The van der Waals surface area contributed by atoms with E-state index in [1.165, 1.54) is 0 Å². The maximum Gasteiger partial charge on any atom is 0.236 e. The predicted octanol–water partition coefficient (Wildman–Crippen LogP) is 0.902. The van der Waals surface area contributed by atoms with Gasteiger partial charge in [0.25, 0.3) is 0 Å². The van der Waals surface area contributed by atoms with Gasteiger partial charge in [-0.2, -0.15) is 0 Å². The molecule has 0 aliphatic rings. The summed E-state index contributed by atoms with van der Waals surface area (Å²) in [6, 6.07) is -0.236. The first kappa shape index (κ1) is 13.0. The van der Waals surface area contributed by atoms with Crippen LogP contribution in [-0.4, -0.2) is 24.5 Å². The maximum absolute atomic E-state index is 11.4. The highest BCUT2D eigenvalue weighted by Gasteiger charge is 2.14. The molecule has 3 heteroatoms. The molecule has 0 rings (SSSR count). The van der Waals surface area contributed by atoms with Crippen molar-refractivity contribution in [1.82, 2.24) is 10.6 Å². The van der Waals surface area contributed by atoms with Crippen molar-refractivity contribution < 1.29 is 4.79 Å². The van der Waals surface area contributed by atoms with E-state index >= 15 is 0 Å². The van der Waals surface area contributed by atoms with Crippen LogP contribution in [0, 0.1) is 12.3 Å². The summed E-state index contributed by atoms with van der Waals surface area (Å²) in [5.74, 6) is 2.62. The van der Waals surface area contributed by atoms with E-state index in [1.54, 1.807) is 0 Å². The molecular weight excluding hydrogens is 176 g/mol. The number of amides is 1. The van der Waals surface area contributed by atoms with E-state index in [0.717, 1.165) is 19.4 Å². The van der Waals surface area contributed by atoms with E-state index in [9.17, 15) is 4.79 Å². The molecule has 3 nitrogen and oxygen atoms in total. The normalized spacial score (nSPS) is 14.1. The van der Waals surface area contributed by atoms with Crippen molar-refractivity contribution in [2.45, 2.75) is 45.7 Å². The van der Waals surface area contributed by atoms with Crippen LogP contribution in [0.15, 0.2) is 0 Å². The van der Waals surface area contributed by atoms with E-state index in [-0.39, 0.29) is 18.0 Å². The van der Waals surface area contributed by atoms with Gasteiger partial charge in [0.15, 0.2) is 0 Å². The maximum atomic E-state index is 11.4. The SMILES string of the molecule is C#CC(CC)NC(C)C(=O)NCCC. The lowest BCUT2D eigenvalue weighted by atomic mass is 10.2. The lowest BCUT2D eigenvalue weighted by Crippen LogP contribution is -2.46. The summed E-state index contributed by atoms with van der Waals surface area (Å²) in [4.78, 5) is 11.4. The zero-order valence-electron chi connectivity index (χ0n) is 9.26. The fourth-order valence-corrected chi connectivity index (χ4v) is 1.06. The minimum absolute atomic E-state index is 0.0144. The Morgan fingerprint density at radius 2 is 2.14 bits per heavy atom. The molecule has 80 valence electrons. The van der Waals surface area contributed by atoms with E-state index < -0.39 is 0 Å². The standard InChI is InChI=1S/C11H20N2O/c1-5-8-12-11(14)9(4)13-10(6-2)7-3/h2,9-10,13H,5,7-8H2,1,3-4H3,(H,12,14). The monoisotopic (exact) mass is 196 g/mol. The molecule has 2 unspecified atom stereocenters. The minimum Gasteiger partial charge on any atom is -0.355 e. The van der Waals surface area contributed by atoms with Gasteiger partial charge >= 0.3 is 0 Å². The number of rotatable bonds is 6. The lowest BCUT2D eigenvalue weighted by molar-refractivity contribution is -0.122. The third-order valence-corrected chi connectivity index (χ3v) is 2.00. The average Bonchev–Trinajstić information content (AvgIpc) is 2.21. The van der Waals surface area contributed by atoms with Crippen LogP contribution in [-0.2, 0) is 4.79 Å². The summed E-state index contributed by atoms with van der Waals surface area (Å²) in [6.07, 6.45) is 7.07. The van der Waals surface area contributed by atoms with Crippen LogP contribution in [0.4, 0.5) is 0 Å². The van der Waals surface area contributed by atoms with Gasteiger partial charge in [-0.05, 0) is 19.8 Å². The summed E-state index contributed by atoms with van der Waals surface area (Å²) in [6.45, 7) is 6.56. The topological polar surface area (TPSA) is 41.1 Å². The quantitative estimate of drug-likeness (QED) is 0.620. The molecule has 0 aliphatic carbocycles. The first-order chi connectivity index (χ1) is 6.65. The first-order valence-corrected chi connectivity index (χ1v) is 5.15. The number of nitrogens with one attached hydrogen (secondary N) is 2. The van der Waals surface area contributed by atoms with Crippen molar-refractivity contribution in [3.8, 4) is 12.3 Å². The molecule has 0 aromatic heterocycles. The molecule has 0 aliphatic heterocycles. The summed E-state index contributed by atoms with van der Waals surface area (Å²) >= 11 is 0. The Morgan fingerprint density at radius 1 is 1.50 bits per heavy atom. The Morgan fingerprint density at radius 3 is 2.57 bits per heavy atom. The van der Waals surface area contributed by atoms with Crippen LogP contribution in [0.3, 0.4) is 0 Å². The molecule has 0 bridgehead atoms. The third-order valence-electron chi connectivity index (χ3n) is 2.00. The lowest BCUT2D eigenvalue weighted by Gasteiger charge is -2.17. The van der Waals surface area contributed by atoms with Gasteiger partial charge in [-0.3, -0.25) is 10.1 Å². The van der Waals surface area contributed by atoms with E-state index in [0.29, 0.717) is 0 Å². The molecule has 0 spiro atoms.